The third kappa shape index (κ3) is 6.48. The summed E-state index contributed by atoms with van der Waals surface area (Å²) in [6.07, 6.45) is 3.21. The summed E-state index contributed by atoms with van der Waals surface area (Å²) in [4.78, 5) is 22.6. The molecule has 10 heteroatoms. The SMILES string of the molecule is CN=C(NCCNc1ncccc1C(F)(F)F)NC1CCN(C(=O)C2CCCCC2)C1. The van der Waals surface area contributed by atoms with Crippen molar-refractivity contribution in [3.63, 3.8) is 0 Å². The Labute approximate surface area is 180 Å². The molecule has 1 saturated heterocycles. The zero-order chi connectivity index (χ0) is 22.3. The number of hydrogen-bond acceptors (Lipinski definition) is 4. The van der Waals surface area contributed by atoms with E-state index in [1.54, 1.807) is 7.05 Å². The van der Waals surface area contributed by atoms with E-state index < -0.39 is 11.7 Å². The molecule has 3 N–H and O–H groups in total. The molecule has 0 spiro atoms. The van der Waals surface area contributed by atoms with Crippen LogP contribution in [-0.2, 0) is 11.0 Å². The van der Waals surface area contributed by atoms with Gasteiger partial charge < -0.3 is 20.9 Å². The molecule has 3 rings (SSSR count). The van der Waals surface area contributed by atoms with Crippen molar-refractivity contribution in [3.8, 4) is 0 Å². The van der Waals surface area contributed by atoms with Crippen LogP contribution in [0.25, 0.3) is 0 Å². The number of aliphatic imine (C=N–C) groups is 1. The number of amides is 1. The molecule has 1 aliphatic carbocycles. The number of aromatic nitrogens is 1. The average molecular weight is 441 g/mol. The number of nitrogens with zero attached hydrogens (tertiary/aromatic N) is 3. The number of hydrogen-bond donors (Lipinski definition) is 3. The summed E-state index contributed by atoms with van der Waals surface area (Å²) in [5, 5.41) is 9.13. The summed E-state index contributed by atoms with van der Waals surface area (Å²) < 4.78 is 39.1. The van der Waals surface area contributed by atoms with Crippen molar-refractivity contribution >= 4 is 17.7 Å². The van der Waals surface area contributed by atoms with E-state index in [0.717, 1.165) is 44.7 Å². The van der Waals surface area contributed by atoms with Crippen LogP contribution in [0.4, 0.5) is 19.0 Å². The van der Waals surface area contributed by atoms with Crippen LogP contribution in [0.2, 0.25) is 0 Å². The lowest BCUT2D eigenvalue weighted by atomic mass is 9.88. The number of anilines is 1. The lowest BCUT2D eigenvalue weighted by Crippen LogP contribution is -2.46. The first-order chi connectivity index (χ1) is 14.9. The van der Waals surface area contributed by atoms with Crippen LogP contribution in [0.5, 0.6) is 0 Å². The molecule has 0 radical (unpaired) electrons. The van der Waals surface area contributed by atoms with Gasteiger partial charge in [-0.05, 0) is 31.4 Å². The number of guanidine groups is 1. The van der Waals surface area contributed by atoms with E-state index in [9.17, 15) is 18.0 Å². The van der Waals surface area contributed by atoms with Crippen LogP contribution < -0.4 is 16.0 Å². The standard InChI is InChI=1S/C21H31F3N6O/c1-25-20(28-12-11-27-18-17(21(22,23)24)8-5-10-26-18)29-16-9-13-30(14-16)19(31)15-6-3-2-4-7-15/h5,8,10,15-16H,2-4,6-7,9,11-14H2,1H3,(H,26,27)(H2,25,28,29). The molecule has 31 heavy (non-hydrogen) atoms. The van der Waals surface area contributed by atoms with E-state index in [2.05, 4.69) is 25.9 Å². The van der Waals surface area contributed by atoms with E-state index in [0.29, 0.717) is 19.0 Å². The van der Waals surface area contributed by atoms with Gasteiger partial charge in [0.1, 0.15) is 5.82 Å². The molecule has 172 valence electrons. The molecular weight excluding hydrogens is 409 g/mol. The minimum absolute atomic E-state index is 0.110. The summed E-state index contributed by atoms with van der Waals surface area (Å²) in [6.45, 7) is 2.01. The second kappa shape index (κ2) is 10.7. The van der Waals surface area contributed by atoms with Crippen LogP contribution in [0.1, 0.15) is 44.1 Å². The highest BCUT2D eigenvalue weighted by atomic mass is 19.4. The predicted octanol–water partition coefficient (Wildman–Crippen LogP) is 2.86. The molecule has 7 nitrogen and oxygen atoms in total. The van der Waals surface area contributed by atoms with Gasteiger partial charge in [-0.25, -0.2) is 4.98 Å². The Balaban J connectivity index is 1.41. The molecular formula is C21H31F3N6O. The van der Waals surface area contributed by atoms with Crippen molar-refractivity contribution in [2.24, 2.45) is 10.9 Å². The minimum Gasteiger partial charge on any atom is -0.368 e. The Kier molecular flexibility index (Phi) is 7.97. The van der Waals surface area contributed by atoms with E-state index in [1.807, 2.05) is 4.90 Å². The Morgan fingerprint density at radius 1 is 1.23 bits per heavy atom. The molecule has 0 aromatic carbocycles. The first-order valence-corrected chi connectivity index (χ1v) is 10.9. The van der Waals surface area contributed by atoms with Crippen molar-refractivity contribution in [2.45, 2.75) is 50.7 Å². The summed E-state index contributed by atoms with van der Waals surface area (Å²) in [7, 11) is 1.64. The number of carbonyl (C=O) groups excluding carboxylic acids is 1. The fourth-order valence-electron chi connectivity index (χ4n) is 4.21. The first kappa shape index (κ1) is 23.1. The Morgan fingerprint density at radius 3 is 2.71 bits per heavy atom. The molecule has 1 aromatic heterocycles. The largest absolute Gasteiger partial charge is 0.419 e. The maximum absolute atomic E-state index is 13.0. The highest BCUT2D eigenvalue weighted by molar-refractivity contribution is 5.81. The number of pyridine rings is 1. The molecule has 1 saturated carbocycles. The molecule has 1 amide bonds. The number of halogens is 3. The van der Waals surface area contributed by atoms with Gasteiger partial charge in [-0.1, -0.05) is 19.3 Å². The van der Waals surface area contributed by atoms with E-state index >= 15 is 0 Å². The molecule has 1 unspecified atom stereocenters. The van der Waals surface area contributed by atoms with Gasteiger partial charge in [0.25, 0.3) is 0 Å². The zero-order valence-corrected chi connectivity index (χ0v) is 17.8. The number of carbonyl (C=O) groups is 1. The fraction of sp³-hybridized carbons (Fsp3) is 0.667. The molecule has 2 fully saturated rings. The van der Waals surface area contributed by atoms with Gasteiger partial charge in [0.2, 0.25) is 5.91 Å². The normalized spacial score (nSPS) is 20.6. The van der Waals surface area contributed by atoms with Crippen LogP contribution >= 0.6 is 0 Å². The summed E-state index contributed by atoms with van der Waals surface area (Å²) in [5.74, 6) is 0.819. The molecule has 1 aromatic rings. The maximum atomic E-state index is 13.0. The van der Waals surface area contributed by atoms with Gasteiger partial charge in [0, 0.05) is 51.4 Å². The second-order valence-electron chi connectivity index (χ2n) is 8.07. The van der Waals surface area contributed by atoms with Gasteiger partial charge in [-0.3, -0.25) is 9.79 Å². The van der Waals surface area contributed by atoms with E-state index in [4.69, 9.17) is 0 Å². The van der Waals surface area contributed by atoms with Crippen LogP contribution in [0, 0.1) is 5.92 Å². The van der Waals surface area contributed by atoms with Gasteiger partial charge in [0.15, 0.2) is 5.96 Å². The summed E-state index contributed by atoms with van der Waals surface area (Å²) in [6, 6.07) is 2.38. The monoisotopic (exact) mass is 440 g/mol. The maximum Gasteiger partial charge on any atom is 0.419 e. The van der Waals surface area contributed by atoms with Crippen LogP contribution in [0.15, 0.2) is 23.3 Å². The van der Waals surface area contributed by atoms with Crippen molar-refractivity contribution in [1.29, 1.82) is 0 Å². The van der Waals surface area contributed by atoms with E-state index in [1.165, 1.54) is 18.7 Å². The molecule has 2 aliphatic rings. The summed E-state index contributed by atoms with van der Waals surface area (Å²) in [5.41, 5.74) is -0.786. The third-order valence-electron chi connectivity index (χ3n) is 5.84. The smallest absolute Gasteiger partial charge is 0.368 e. The lowest BCUT2D eigenvalue weighted by Gasteiger charge is -2.26. The molecule has 2 heterocycles. The second-order valence-corrected chi connectivity index (χ2v) is 8.07. The fourth-order valence-corrected chi connectivity index (χ4v) is 4.21. The Bertz CT molecular complexity index is 764. The highest BCUT2D eigenvalue weighted by Gasteiger charge is 2.34. The Hall–Kier alpha value is -2.52. The van der Waals surface area contributed by atoms with Gasteiger partial charge in [-0.15, -0.1) is 0 Å². The van der Waals surface area contributed by atoms with Gasteiger partial charge in [0.05, 0.1) is 5.56 Å². The quantitative estimate of drug-likeness (QED) is 0.360. The van der Waals surface area contributed by atoms with Crippen molar-refractivity contribution < 1.29 is 18.0 Å². The van der Waals surface area contributed by atoms with Gasteiger partial charge >= 0.3 is 6.18 Å². The minimum atomic E-state index is -4.45. The number of nitrogens with one attached hydrogen (secondary N) is 3. The first-order valence-electron chi connectivity index (χ1n) is 10.9. The molecule has 0 bridgehead atoms. The van der Waals surface area contributed by atoms with E-state index in [-0.39, 0.29) is 30.2 Å². The molecule has 1 aliphatic heterocycles. The van der Waals surface area contributed by atoms with Crippen molar-refractivity contribution in [2.75, 3.05) is 38.5 Å². The van der Waals surface area contributed by atoms with Crippen molar-refractivity contribution in [1.82, 2.24) is 20.5 Å². The zero-order valence-electron chi connectivity index (χ0n) is 17.8. The topological polar surface area (TPSA) is 81.7 Å². The number of alkyl halides is 3. The number of rotatable bonds is 6. The van der Waals surface area contributed by atoms with Crippen LogP contribution in [0.3, 0.4) is 0 Å². The predicted molar refractivity (Wildman–Crippen MR) is 114 cm³/mol. The number of likely N-dealkylation sites (tertiary alicyclic amines) is 1. The average Bonchev–Trinajstić information content (AvgIpc) is 3.24. The summed E-state index contributed by atoms with van der Waals surface area (Å²) >= 11 is 0. The Morgan fingerprint density at radius 2 is 2.00 bits per heavy atom. The molecule has 1 atom stereocenters. The van der Waals surface area contributed by atoms with Crippen molar-refractivity contribution in [3.05, 3.63) is 23.9 Å². The lowest BCUT2D eigenvalue weighted by molar-refractivity contribution is -0.137. The third-order valence-corrected chi connectivity index (χ3v) is 5.84. The van der Waals surface area contributed by atoms with Gasteiger partial charge in [-0.2, -0.15) is 13.2 Å². The highest BCUT2D eigenvalue weighted by Crippen LogP contribution is 2.33. The van der Waals surface area contributed by atoms with Crippen LogP contribution in [-0.4, -0.2) is 61.0 Å².